The quantitative estimate of drug-likeness (QED) is 0.418. The lowest BCUT2D eigenvalue weighted by Crippen LogP contribution is -2.50. The van der Waals surface area contributed by atoms with E-state index >= 15 is 0 Å². The highest BCUT2D eigenvalue weighted by Crippen LogP contribution is 2.28. The van der Waals surface area contributed by atoms with Gasteiger partial charge in [-0.1, -0.05) is 60.8 Å². The third-order valence-corrected chi connectivity index (χ3v) is 5.97. The summed E-state index contributed by atoms with van der Waals surface area (Å²) in [7, 11) is -4.13. The van der Waals surface area contributed by atoms with Gasteiger partial charge in [0.2, 0.25) is 0 Å². The molecule has 0 N–H and O–H groups in total. The lowest BCUT2D eigenvalue weighted by molar-refractivity contribution is -0.190. The van der Waals surface area contributed by atoms with Crippen LogP contribution in [0.2, 0.25) is 0 Å². The van der Waals surface area contributed by atoms with Gasteiger partial charge in [0, 0.05) is 0 Å². The number of hydrogen-bond acceptors (Lipinski definition) is 5. The highest BCUT2D eigenvalue weighted by Gasteiger charge is 2.42. The third kappa shape index (κ3) is 6.63. The van der Waals surface area contributed by atoms with E-state index in [1.165, 1.54) is 12.1 Å². The Morgan fingerprint density at radius 3 is 1.84 bits per heavy atom. The van der Waals surface area contributed by atoms with Crippen LogP contribution in [0.1, 0.15) is 48.5 Å². The Labute approximate surface area is 186 Å². The Morgan fingerprint density at radius 2 is 1.39 bits per heavy atom. The second-order valence-electron chi connectivity index (χ2n) is 9.03. The second-order valence-corrected chi connectivity index (χ2v) is 10.8. The number of ether oxygens (including phenoxy) is 1. The van der Waals surface area contributed by atoms with Crippen molar-refractivity contribution in [2.75, 3.05) is 0 Å². The minimum absolute atomic E-state index is 0.0436. The van der Waals surface area contributed by atoms with E-state index in [4.69, 9.17) is 9.57 Å². The van der Waals surface area contributed by atoms with Gasteiger partial charge in [-0.3, -0.25) is 9.63 Å². The van der Waals surface area contributed by atoms with Crippen molar-refractivity contribution in [3.05, 3.63) is 54.6 Å². The summed E-state index contributed by atoms with van der Waals surface area (Å²) in [5.74, 6) is -1.01. The molecule has 2 rings (SSSR count). The first kappa shape index (κ1) is 25.0. The first-order valence-electron chi connectivity index (χ1n) is 10.4. The number of sulfonamides is 1. The standard InChI is InChI=1S/C24H33NO5S/c1-17(2)22(23(26)29-24(5,6)7)25(30-18(3)4)31(27,28)21-15-13-20(14-16-21)19-11-9-8-10-12-19/h8-18,22H,1-7H3/t22-/m1/s1. The topological polar surface area (TPSA) is 72.9 Å². The molecule has 0 bridgehead atoms. The molecule has 0 fully saturated rings. The summed E-state index contributed by atoms with van der Waals surface area (Å²) in [6.45, 7) is 12.2. The molecular formula is C24H33NO5S. The van der Waals surface area contributed by atoms with E-state index in [9.17, 15) is 13.2 Å². The Bertz CT molecular complexity index is 961. The highest BCUT2D eigenvalue weighted by atomic mass is 32.2. The molecule has 0 aliphatic heterocycles. The van der Waals surface area contributed by atoms with Gasteiger partial charge in [-0.25, -0.2) is 8.42 Å². The maximum Gasteiger partial charge on any atom is 0.327 e. The molecule has 2 aromatic carbocycles. The Balaban J connectivity index is 2.46. The summed E-state index contributed by atoms with van der Waals surface area (Å²) in [5, 5.41) is 0. The number of carbonyl (C=O) groups excluding carboxylic acids is 1. The third-order valence-electron chi connectivity index (χ3n) is 4.32. The maximum atomic E-state index is 13.5. The number of hydroxylamine groups is 1. The number of benzene rings is 2. The van der Waals surface area contributed by atoms with Crippen molar-refractivity contribution in [3.63, 3.8) is 0 Å². The van der Waals surface area contributed by atoms with Gasteiger partial charge in [0.25, 0.3) is 10.0 Å². The van der Waals surface area contributed by atoms with Gasteiger partial charge in [0.15, 0.2) is 6.04 Å². The minimum atomic E-state index is -4.13. The Morgan fingerprint density at radius 1 is 0.871 bits per heavy atom. The molecule has 0 aliphatic rings. The highest BCUT2D eigenvalue weighted by molar-refractivity contribution is 7.89. The van der Waals surface area contributed by atoms with Crippen LogP contribution in [0.15, 0.2) is 59.5 Å². The van der Waals surface area contributed by atoms with Crippen LogP contribution < -0.4 is 0 Å². The normalized spacial score (nSPS) is 13.6. The molecule has 0 aromatic heterocycles. The average molecular weight is 448 g/mol. The van der Waals surface area contributed by atoms with Crippen molar-refractivity contribution in [3.8, 4) is 11.1 Å². The van der Waals surface area contributed by atoms with E-state index in [1.807, 2.05) is 30.3 Å². The summed E-state index contributed by atoms with van der Waals surface area (Å²) in [6, 6.07) is 15.1. The van der Waals surface area contributed by atoms with Crippen LogP contribution in [0.4, 0.5) is 0 Å². The van der Waals surface area contributed by atoms with Gasteiger partial charge >= 0.3 is 5.97 Å². The van der Waals surface area contributed by atoms with Gasteiger partial charge in [-0.05, 0) is 63.8 Å². The average Bonchev–Trinajstić information content (AvgIpc) is 2.66. The predicted molar refractivity (Wildman–Crippen MR) is 122 cm³/mol. The summed E-state index contributed by atoms with van der Waals surface area (Å²) < 4.78 is 33.4. The Hall–Kier alpha value is -2.22. The molecule has 0 saturated carbocycles. The van der Waals surface area contributed by atoms with Crippen LogP contribution in [-0.2, 0) is 24.4 Å². The van der Waals surface area contributed by atoms with E-state index < -0.39 is 33.7 Å². The number of hydrogen-bond donors (Lipinski definition) is 0. The fourth-order valence-corrected chi connectivity index (χ4v) is 4.60. The second kappa shape index (κ2) is 9.94. The number of esters is 1. The van der Waals surface area contributed by atoms with Gasteiger partial charge < -0.3 is 4.74 Å². The molecule has 1 atom stereocenters. The minimum Gasteiger partial charge on any atom is -0.459 e. The molecule has 0 amide bonds. The van der Waals surface area contributed by atoms with Crippen molar-refractivity contribution in [1.82, 2.24) is 4.47 Å². The number of carbonyl (C=O) groups is 1. The number of rotatable bonds is 8. The van der Waals surface area contributed by atoms with Crippen molar-refractivity contribution in [2.45, 2.75) is 71.1 Å². The van der Waals surface area contributed by atoms with Crippen LogP contribution in [0.3, 0.4) is 0 Å². The van der Waals surface area contributed by atoms with Gasteiger partial charge in [-0.15, -0.1) is 0 Å². The zero-order valence-electron chi connectivity index (χ0n) is 19.3. The molecule has 2 aromatic rings. The largest absolute Gasteiger partial charge is 0.459 e. The lowest BCUT2D eigenvalue weighted by atomic mass is 10.1. The number of nitrogens with zero attached hydrogens (tertiary/aromatic N) is 1. The smallest absolute Gasteiger partial charge is 0.327 e. The van der Waals surface area contributed by atoms with Crippen LogP contribution in [-0.4, -0.2) is 36.6 Å². The van der Waals surface area contributed by atoms with E-state index in [2.05, 4.69) is 0 Å². The summed E-state index contributed by atoms with van der Waals surface area (Å²) in [4.78, 5) is 18.7. The summed E-state index contributed by atoms with van der Waals surface area (Å²) in [6.07, 6.45) is -0.456. The molecule has 31 heavy (non-hydrogen) atoms. The zero-order valence-corrected chi connectivity index (χ0v) is 20.1. The molecule has 170 valence electrons. The predicted octanol–water partition coefficient (Wildman–Crippen LogP) is 5.05. The molecule has 0 saturated heterocycles. The van der Waals surface area contributed by atoms with E-state index in [0.29, 0.717) is 0 Å². The molecule has 0 spiro atoms. The monoisotopic (exact) mass is 447 g/mol. The van der Waals surface area contributed by atoms with Gasteiger partial charge in [-0.2, -0.15) is 0 Å². The molecule has 0 unspecified atom stereocenters. The first-order valence-corrected chi connectivity index (χ1v) is 11.9. The fourth-order valence-electron chi connectivity index (χ4n) is 3.00. The van der Waals surface area contributed by atoms with Crippen LogP contribution in [0.5, 0.6) is 0 Å². The van der Waals surface area contributed by atoms with Crippen LogP contribution in [0.25, 0.3) is 11.1 Å². The van der Waals surface area contributed by atoms with Crippen molar-refractivity contribution in [1.29, 1.82) is 0 Å². The van der Waals surface area contributed by atoms with Gasteiger partial charge in [0.1, 0.15) is 5.60 Å². The van der Waals surface area contributed by atoms with Gasteiger partial charge in [0.05, 0.1) is 11.0 Å². The van der Waals surface area contributed by atoms with Crippen molar-refractivity contribution in [2.24, 2.45) is 5.92 Å². The summed E-state index contributed by atoms with van der Waals surface area (Å²) >= 11 is 0. The van der Waals surface area contributed by atoms with E-state index in [-0.39, 0.29) is 10.8 Å². The molecule has 0 aliphatic carbocycles. The molecule has 0 radical (unpaired) electrons. The first-order chi connectivity index (χ1) is 14.3. The fraction of sp³-hybridized carbons (Fsp3) is 0.458. The van der Waals surface area contributed by atoms with Crippen molar-refractivity contribution < 1.29 is 22.8 Å². The van der Waals surface area contributed by atoms with E-state index in [0.717, 1.165) is 15.6 Å². The summed E-state index contributed by atoms with van der Waals surface area (Å²) in [5.41, 5.74) is 1.12. The van der Waals surface area contributed by atoms with Crippen molar-refractivity contribution >= 4 is 16.0 Å². The maximum absolute atomic E-state index is 13.5. The Kier molecular flexibility index (Phi) is 8.03. The van der Waals surface area contributed by atoms with Crippen LogP contribution >= 0.6 is 0 Å². The molecule has 7 heteroatoms. The molecular weight excluding hydrogens is 414 g/mol. The van der Waals surface area contributed by atoms with E-state index in [1.54, 1.807) is 60.6 Å². The SMILES string of the molecule is CC(C)ON([C@@H](C(=O)OC(C)(C)C)C(C)C)S(=O)(=O)c1ccc(-c2ccccc2)cc1. The lowest BCUT2D eigenvalue weighted by Gasteiger charge is -2.33. The molecule has 0 heterocycles. The van der Waals surface area contributed by atoms with Crippen LogP contribution in [0, 0.1) is 5.92 Å². The zero-order chi connectivity index (χ0) is 23.4. The molecule has 6 nitrogen and oxygen atoms in total.